The Morgan fingerprint density at radius 2 is 1.84 bits per heavy atom. The molecular formula is C20H17N3O2. The number of para-hydroxylation sites is 1. The molecule has 1 atom stereocenters. The predicted octanol–water partition coefficient (Wildman–Crippen LogP) is 3.92. The number of nitriles is 1. The maximum atomic E-state index is 12.5. The van der Waals surface area contributed by atoms with Crippen LogP contribution in [0.25, 0.3) is 16.9 Å². The van der Waals surface area contributed by atoms with Crippen molar-refractivity contribution in [2.75, 3.05) is 0 Å². The first kappa shape index (κ1) is 16.5. The normalized spacial score (nSPS) is 11.6. The van der Waals surface area contributed by atoms with E-state index in [1.165, 1.54) is 6.92 Å². The van der Waals surface area contributed by atoms with Gasteiger partial charge in [0.2, 0.25) is 0 Å². The summed E-state index contributed by atoms with van der Waals surface area (Å²) in [4.78, 5) is 12.5. The van der Waals surface area contributed by atoms with Crippen molar-refractivity contribution in [3.8, 4) is 23.0 Å². The number of ether oxygens (including phenoxy) is 1. The third-order valence-electron chi connectivity index (χ3n) is 3.75. The number of esters is 1. The Kier molecular flexibility index (Phi) is 4.62. The van der Waals surface area contributed by atoms with Gasteiger partial charge in [0, 0.05) is 11.8 Å². The van der Waals surface area contributed by atoms with Crippen molar-refractivity contribution in [1.82, 2.24) is 9.78 Å². The first-order valence-electron chi connectivity index (χ1n) is 7.91. The molecule has 1 aromatic heterocycles. The first-order valence-corrected chi connectivity index (χ1v) is 7.91. The molecule has 0 saturated carbocycles. The van der Waals surface area contributed by atoms with Crippen molar-refractivity contribution in [1.29, 1.82) is 5.26 Å². The van der Waals surface area contributed by atoms with Gasteiger partial charge >= 0.3 is 5.97 Å². The van der Waals surface area contributed by atoms with Gasteiger partial charge in [-0.25, -0.2) is 9.48 Å². The summed E-state index contributed by atoms with van der Waals surface area (Å²) in [5.41, 5.74) is 3.63. The van der Waals surface area contributed by atoms with E-state index in [9.17, 15) is 4.79 Å². The standard InChI is InChI=1S/C20H17N3O2/c1-14-8-10-16(11-9-14)19-18(20(24)25-15(2)12-21)13-23(22-19)17-6-4-3-5-7-17/h3-11,13,15H,1-2H3/t15-/m1/s1. The fourth-order valence-electron chi connectivity index (χ4n) is 2.41. The molecule has 5 nitrogen and oxygen atoms in total. The number of aryl methyl sites for hydroxylation is 1. The molecule has 0 saturated heterocycles. The Hall–Kier alpha value is -3.39. The lowest BCUT2D eigenvalue weighted by atomic mass is 10.1. The van der Waals surface area contributed by atoms with Crippen molar-refractivity contribution in [2.45, 2.75) is 20.0 Å². The molecule has 1 heterocycles. The van der Waals surface area contributed by atoms with Crippen molar-refractivity contribution in [3.05, 3.63) is 71.9 Å². The average molecular weight is 331 g/mol. The second-order valence-electron chi connectivity index (χ2n) is 5.71. The highest BCUT2D eigenvalue weighted by Gasteiger charge is 2.21. The van der Waals surface area contributed by atoms with Crippen LogP contribution in [0, 0.1) is 18.3 Å². The van der Waals surface area contributed by atoms with Gasteiger partial charge in [0.05, 0.1) is 5.69 Å². The third-order valence-corrected chi connectivity index (χ3v) is 3.75. The van der Waals surface area contributed by atoms with E-state index in [0.29, 0.717) is 11.3 Å². The van der Waals surface area contributed by atoms with Crippen LogP contribution in [0.4, 0.5) is 0 Å². The van der Waals surface area contributed by atoms with Crippen LogP contribution in [0.1, 0.15) is 22.8 Å². The van der Waals surface area contributed by atoms with E-state index in [4.69, 9.17) is 10.00 Å². The zero-order chi connectivity index (χ0) is 17.8. The van der Waals surface area contributed by atoms with Gasteiger partial charge in [-0.05, 0) is 26.0 Å². The Bertz CT molecular complexity index is 922. The maximum Gasteiger partial charge on any atom is 0.343 e. The summed E-state index contributed by atoms with van der Waals surface area (Å²) in [6, 6.07) is 19.2. The predicted molar refractivity (Wildman–Crippen MR) is 94.2 cm³/mol. The number of carbonyl (C=O) groups is 1. The second-order valence-corrected chi connectivity index (χ2v) is 5.71. The molecule has 0 radical (unpaired) electrons. The lowest BCUT2D eigenvalue weighted by Gasteiger charge is -2.06. The molecule has 0 amide bonds. The summed E-state index contributed by atoms with van der Waals surface area (Å²) < 4.78 is 6.81. The molecule has 0 unspecified atom stereocenters. The Morgan fingerprint density at radius 1 is 1.16 bits per heavy atom. The quantitative estimate of drug-likeness (QED) is 0.680. The third kappa shape index (κ3) is 3.59. The monoisotopic (exact) mass is 331 g/mol. The highest BCUT2D eigenvalue weighted by atomic mass is 16.5. The fourth-order valence-corrected chi connectivity index (χ4v) is 2.41. The van der Waals surface area contributed by atoms with Gasteiger partial charge in [0.15, 0.2) is 6.10 Å². The van der Waals surface area contributed by atoms with Gasteiger partial charge in [0.25, 0.3) is 0 Å². The van der Waals surface area contributed by atoms with Crippen LogP contribution in [-0.4, -0.2) is 21.9 Å². The maximum absolute atomic E-state index is 12.5. The smallest absolute Gasteiger partial charge is 0.343 e. The molecule has 2 aromatic carbocycles. The lowest BCUT2D eigenvalue weighted by Crippen LogP contribution is -2.13. The molecule has 0 bridgehead atoms. The summed E-state index contributed by atoms with van der Waals surface area (Å²) in [5.74, 6) is -0.563. The van der Waals surface area contributed by atoms with Crippen LogP contribution in [0.5, 0.6) is 0 Å². The Morgan fingerprint density at radius 3 is 2.48 bits per heavy atom. The highest BCUT2D eigenvalue weighted by molar-refractivity contribution is 5.96. The molecule has 0 aliphatic rings. The second kappa shape index (κ2) is 7.02. The van der Waals surface area contributed by atoms with E-state index in [1.54, 1.807) is 10.9 Å². The van der Waals surface area contributed by atoms with E-state index in [0.717, 1.165) is 16.8 Å². The van der Waals surface area contributed by atoms with Crippen molar-refractivity contribution >= 4 is 5.97 Å². The molecular weight excluding hydrogens is 314 g/mol. The van der Waals surface area contributed by atoms with Gasteiger partial charge in [-0.1, -0.05) is 48.0 Å². The number of carbonyl (C=O) groups excluding carboxylic acids is 1. The van der Waals surface area contributed by atoms with Crippen LogP contribution in [0.2, 0.25) is 0 Å². The number of hydrogen-bond acceptors (Lipinski definition) is 4. The minimum absolute atomic E-state index is 0.329. The molecule has 0 fully saturated rings. The lowest BCUT2D eigenvalue weighted by molar-refractivity contribution is 0.0436. The van der Waals surface area contributed by atoms with Gasteiger partial charge in [0.1, 0.15) is 17.3 Å². The molecule has 0 spiro atoms. The number of nitrogens with zero attached hydrogens (tertiary/aromatic N) is 3. The molecule has 5 heteroatoms. The Balaban J connectivity index is 2.08. The topological polar surface area (TPSA) is 67.9 Å². The minimum Gasteiger partial charge on any atom is -0.444 e. The van der Waals surface area contributed by atoms with Crippen LogP contribution < -0.4 is 0 Å². The molecule has 0 aliphatic carbocycles. The van der Waals surface area contributed by atoms with Crippen molar-refractivity contribution in [3.63, 3.8) is 0 Å². The fraction of sp³-hybridized carbons (Fsp3) is 0.150. The number of hydrogen-bond donors (Lipinski definition) is 0. The largest absolute Gasteiger partial charge is 0.444 e. The summed E-state index contributed by atoms with van der Waals surface area (Å²) in [7, 11) is 0. The molecule has 3 rings (SSSR count). The first-order chi connectivity index (χ1) is 12.1. The molecule has 0 aliphatic heterocycles. The Labute approximate surface area is 146 Å². The average Bonchev–Trinajstić information content (AvgIpc) is 3.08. The van der Waals surface area contributed by atoms with Gasteiger partial charge in [-0.3, -0.25) is 0 Å². The van der Waals surface area contributed by atoms with E-state index in [1.807, 2.05) is 67.6 Å². The number of rotatable bonds is 4. The highest BCUT2D eigenvalue weighted by Crippen LogP contribution is 2.25. The zero-order valence-electron chi connectivity index (χ0n) is 14.0. The summed E-state index contributed by atoms with van der Waals surface area (Å²) in [6.45, 7) is 3.53. The molecule has 124 valence electrons. The minimum atomic E-state index is -0.821. The van der Waals surface area contributed by atoms with Crippen LogP contribution >= 0.6 is 0 Å². The number of benzene rings is 2. The van der Waals surface area contributed by atoms with Gasteiger partial charge in [-0.15, -0.1) is 0 Å². The van der Waals surface area contributed by atoms with E-state index < -0.39 is 12.1 Å². The van der Waals surface area contributed by atoms with Crippen LogP contribution in [-0.2, 0) is 4.74 Å². The summed E-state index contributed by atoms with van der Waals surface area (Å²) >= 11 is 0. The van der Waals surface area contributed by atoms with E-state index in [2.05, 4.69) is 5.10 Å². The molecule has 25 heavy (non-hydrogen) atoms. The van der Waals surface area contributed by atoms with E-state index in [-0.39, 0.29) is 0 Å². The molecule has 3 aromatic rings. The van der Waals surface area contributed by atoms with Gasteiger partial charge in [-0.2, -0.15) is 10.4 Å². The van der Waals surface area contributed by atoms with Crippen molar-refractivity contribution < 1.29 is 9.53 Å². The van der Waals surface area contributed by atoms with E-state index >= 15 is 0 Å². The number of aromatic nitrogens is 2. The van der Waals surface area contributed by atoms with Gasteiger partial charge < -0.3 is 4.74 Å². The summed E-state index contributed by atoms with van der Waals surface area (Å²) in [6.07, 6.45) is 0.815. The van der Waals surface area contributed by atoms with Crippen LogP contribution in [0.15, 0.2) is 60.8 Å². The molecule has 0 N–H and O–H groups in total. The van der Waals surface area contributed by atoms with Crippen molar-refractivity contribution in [2.24, 2.45) is 0 Å². The van der Waals surface area contributed by atoms with Crippen LogP contribution in [0.3, 0.4) is 0 Å². The summed E-state index contributed by atoms with van der Waals surface area (Å²) in [5, 5.41) is 13.5. The SMILES string of the molecule is Cc1ccc(-c2nn(-c3ccccc3)cc2C(=O)O[C@H](C)C#N)cc1. The zero-order valence-corrected chi connectivity index (χ0v) is 14.0.